The van der Waals surface area contributed by atoms with Gasteiger partial charge in [-0.3, -0.25) is 24.1 Å². The lowest BCUT2D eigenvalue weighted by atomic mass is 9.59. The third kappa shape index (κ3) is 3.46. The van der Waals surface area contributed by atoms with Crippen molar-refractivity contribution in [3.8, 4) is 5.75 Å². The van der Waals surface area contributed by atoms with Crippen LogP contribution in [0.4, 0.5) is 0 Å². The molecular weight excluding hydrogens is 510 g/mol. The number of nitrogens with zero attached hydrogens (tertiary/aromatic N) is 1. The standard InChI is InChI=1S/C32H25NO5S/c1-16-13-26(35)24-14-23-21(8-9-22-28(23)32(38)33(31(22)37)15-17-5-4-12-39-17)27(29(24)30(16)36)20-10-11-25(34)19-7-3-2-6-18(19)20/h2-8,10-13,22-23,27-28,34H,9,14-15H2,1H3. The first kappa shape index (κ1) is 24.0. The third-order valence-electron chi connectivity index (χ3n) is 8.80. The molecule has 194 valence electrons. The van der Waals surface area contributed by atoms with Crippen LogP contribution in [-0.4, -0.2) is 33.4 Å². The Kier molecular flexibility index (Phi) is 5.36. The van der Waals surface area contributed by atoms with Crippen LogP contribution in [0.1, 0.15) is 36.1 Å². The van der Waals surface area contributed by atoms with Gasteiger partial charge in [0.25, 0.3) is 0 Å². The molecule has 0 saturated carbocycles. The Bertz CT molecular complexity index is 1710. The molecule has 4 unspecified atom stereocenters. The molecule has 3 aromatic rings. The minimum atomic E-state index is -0.577. The van der Waals surface area contributed by atoms with Crippen LogP contribution >= 0.6 is 11.3 Å². The van der Waals surface area contributed by atoms with E-state index in [-0.39, 0.29) is 48.0 Å². The summed E-state index contributed by atoms with van der Waals surface area (Å²) in [5.74, 6) is -2.56. The van der Waals surface area contributed by atoms with E-state index < -0.39 is 17.8 Å². The van der Waals surface area contributed by atoms with Gasteiger partial charge in [-0.15, -0.1) is 11.3 Å². The molecule has 4 atom stereocenters. The normalized spacial score (nSPS) is 26.4. The van der Waals surface area contributed by atoms with Gasteiger partial charge >= 0.3 is 0 Å². The third-order valence-corrected chi connectivity index (χ3v) is 9.66. The quantitative estimate of drug-likeness (QED) is 0.282. The lowest BCUT2D eigenvalue weighted by molar-refractivity contribution is -0.140. The topological polar surface area (TPSA) is 91.8 Å². The van der Waals surface area contributed by atoms with E-state index in [9.17, 15) is 24.3 Å². The largest absolute Gasteiger partial charge is 0.507 e. The number of carbonyl (C=O) groups excluding carboxylic acids is 4. The lowest BCUT2D eigenvalue weighted by Crippen LogP contribution is -2.39. The number of rotatable bonds is 3. The molecule has 2 aromatic carbocycles. The first-order chi connectivity index (χ1) is 18.8. The fourth-order valence-electron chi connectivity index (χ4n) is 7.05. The SMILES string of the molecule is CC1=CC(=O)C2=C(C1=O)C(c1ccc(O)c3ccccc13)C1=CCC3C(=O)N(Cc4cccs4)C(=O)C3C1C2. The van der Waals surface area contributed by atoms with Crippen molar-refractivity contribution >= 4 is 45.5 Å². The summed E-state index contributed by atoms with van der Waals surface area (Å²) in [6.45, 7) is 1.92. The molecule has 6 nitrogen and oxygen atoms in total. The maximum atomic E-state index is 13.9. The molecule has 1 aromatic heterocycles. The minimum absolute atomic E-state index is 0.136. The maximum absolute atomic E-state index is 13.9. The van der Waals surface area contributed by atoms with Gasteiger partial charge in [-0.2, -0.15) is 0 Å². The molecule has 1 aliphatic heterocycles. The second kappa shape index (κ2) is 8.71. The number of Topliss-reactive ketones (excluding diaryl/α,β-unsaturated/α-hetero) is 1. The molecule has 0 spiro atoms. The first-order valence-electron chi connectivity index (χ1n) is 13.1. The van der Waals surface area contributed by atoms with E-state index >= 15 is 0 Å². The average molecular weight is 536 g/mol. The Morgan fingerprint density at radius 2 is 1.74 bits per heavy atom. The highest BCUT2D eigenvalue weighted by Gasteiger charge is 2.56. The minimum Gasteiger partial charge on any atom is -0.507 e. The van der Waals surface area contributed by atoms with Crippen molar-refractivity contribution in [2.24, 2.45) is 17.8 Å². The van der Waals surface area contributed by atoms with Crippen LogP contribution < -0.4 is 0 Å². The summed E-state index contributed by atoms with van der Waals surface area (Å²) in [6.07, 6.45) is 4.10. The van der Waals surface area contributed by atoms with Gasteiger partial charge in [0, 0.05) is 32.9 Å². The van der Waals surface area contributed by atoms with Crippen LogP contribution in [0.2, 0.25) is 0 Å². The van der Waals surface area contributed by atoms with E-state index in [0.717, 1.165) is 21.4 Å². The summed E-state index contributed by atoms with van der Waals surface area (Å²) in [5.41, 5.74) is 3.03. The van der Waals surface area contributed by atoms with Crippen molar-refractivity contribution in [3.63, 3.8) is 0 Å². The van der Waals surface area contributed by atoms with Crippen molar-refractivity contribution < 1.29 is 24.3 Å². The van der Waals surface area contributed by atoms with Gasteiger partial charge in [0.15, 0.2) is 11.6 Å². The van der Waals surface area contributed by atoms with E-state index in [1.54, 1.807) is 13.0 Å². The average Bonchev–Trinajstić information content (AvgIpc) is 3.54. The van der Waals surface area contributed by atoms with Gasteiger partial charge in [-0.1, -0.05) is 48.0 Å². The molecule has 7 heteroatoms. The summed E-state index contributed by atoms with van der Waals surface area (Å²) >= 11 is 1.51. The van der Waals surface area contributed by atoms with Crippen LogP contribution in [0.15, 0.2) is 88.4 Å². The van der Waals surface area contributed by atoms with Crippen molar-refractivity contribution in [3.05, 3.63) is 98.8 Å². The summed E-state index contributed by atoms with van der Waals surface area (Å²) in [4.78, 5) is 56.7. The number of fused-ring (bicyclic) bond motifs is 4. The van der Waals surface area contributed by atoms with Crippen LogP contribution in [0.5, 0.6) is 5.75 Å². The number of ketones is 2. The van der Waals surface area contributed by atoms with Gasteiger partial charge in [-0.25, -0.2) is 0 Å². The van der Waals surface area contributed by atoms with Crippen molar-refractivity contribution in [1.82, 2.24) is 4.90 Å². The van der Waals surface area contributed by atoms with Gasteiger partial charge in [-0.05, 0) is 60.2 Å². The van der Waals surface area contributed by atoms with Crippen LogP contribution in [0, 0.1) is 17.8 Å². The van der Waals surface area contributed by atoms with Crippen molar-refractivity contribution in [2.75, 3.05) is 0 Å². The fraction of sp³-hybridized carbons (Fsp3) is 0.250. The zero-order valence-corrected chi connectivity index (χ0v) is 22.0. The predicted octanol–water partition coefficient (Wildman–Crippen LogP) is 5.24. The van der Waals surface area contributed by atoms with E-state index in [0.29, 0.717) is 28.5 Å². The van der Waals surface area contributed by atoms with E-state index in [1.807, 2.05) is 53.9 Å². The van der Waals surface area contributed by atoms with Crippen LogP contribution in [0.3, 0.4) is 0 Å². The molecule has 2 heterocycles. The number of allylic oxidation sites excluding steroid dienone is 6. The van der Waals surface area contributed by atoms with Crippen molar-refractivity contribution in [2.45, 2.75) is 32.2 Å². The molecule has 1 saturated heterocycles. The Labute approximate surface area is 228 Å². The zero-order chi connectivity index (χ0) is 27.0. The summed E-state index contributed by atoms with van der Waals surface area (Å²) in [5, 5.41) is 13.9. The smallest absolute Gasteiger partial charge is 0.234 e. The number of phenols is 1. The van der Waals surface area contributed by atoms with Gasteiger partial charge in [0.05, 0.1) is 18.4 Å². The van der Waals surface area contributed by atoms with E-state index in [4.69, 9.17) is 0 Å². The Morgan fingerprint density at radius 3 is 2.51 bits per heavy atom. The molecular formula is C32H25NO5S. The Morgan fingerprint density at radius 1 is 0.949 bits per heavy atom. The number of benzene rings is 2. The number of aromatic hydroxyl groups is 1. The van der Waals surface area contributed by atoms with Crippen LogP contribution in [-0.2, 0) is 25.7 Å². The lowest BCUT2D eigenvalue weighted by Gasteiger charge is -2.42. The van der Waals surface area contributed by atoms with E-state index in [2.05, 4.69) is 0 Å². The number of hydrogen-bond donors (Lipinski definition) is 1. The number of amides is 2. The van der Waals surface area contributed by atoms with Gasteiger partial charge in [0.1, 0.15) is 5.75 Å². The number of hydrogen-bond acceptors (Lipinski definition) is 6. The summed E-state index contributed by atoms with van der Waals surface area (Å²) in [6, 6.07) is 14.7. The van der Waals surface area contributed by atoms with Crippen molar-refractivity contribution in [1.29, 1.82) is 0 Å². The molecule has 1 fully saturated rings. The highest BCUT2D eigenvalue weighted by molar-refractivity contribution is 7.09. The van der Waals surface area contributed by atoms with Gasteiger partial charge in [0.2, 0.25) is 11.8 Å². The molecule has 1 N–H and O–H groups in total. The molecule has 39 heavy (non-hydrogen) atoms. The summed E-state index contributed by atoms with van der Waals surface area (Å²) in [7, 11) is 0. The second-order valence-corrected chi connectivity index (χ2v) is 11.8. The number of carbonyl (C=O) groups is 4. The second-order valence-electron chi connectivity index (χ2n) is 10.8. The predicted molar refractivity (Wildman–Crippen MR) is 147 cm³/mol. The molecule has 3 aliphatic carbocycles. The number of thiophene rings is 1. The number of imide groups is 1. The summed E-state index contributed by atoms with van der Waals surface area (Å²) < 4.78 is 0. The Balaban J connectivity index is 1.40. The fourth-order valence-corrected chi connectivity index (χ4v) is 7.75. The highest BCUT2D eigenvalue weighted by Crippen LogP contribution is 2.56. The Hall–Kier alpha value is -4.10. The van der Waals surface area contributed by atoms with Crippen LogP contribution in [0.25, 0.3) is 10.8 Å². The molecule has 4 aliphatic rings. The maximum Gasteiger partial charge on any atom is 0.234 e. The van der Waals surface area contributed by atoms with Gasteiger partial charge < -0.3 is 5.11 Å². The van der Waals surface area contributed by atoms with E-state index in [1.165, 1.54) is 22.3 Å². The molecule has 2 amide bonds. The monoisotopic (exact) mass is 535 g/mol. The number of likely N-dealkylation sites (tertiary alicyclic amines) is 1. The first-order valence-corrected chi connectivity index (χ1v) is 14.0. The number of phenolic OH excluding ortho intramolecular Hbond substituents is 1. The molecule has 7 rings (SSSR count). The zero-order valence-electron chi connectivity index (χ0n) is 21.2. The molecule has 0 radical (unpaired) electrons. The molecule has 0 bridgehead atoms. The highest BCUT2D eigenvalue weighted by atomic mass is 32.1.